The maximum absolute atomic E-state index is 13.8. The van der Waals surface area contributed by atoms with E-state index in [2.05, 4.69) is 31.1 Å². The van der Waals surface area contributed by atoms with Gasteiger partial charge in [0.1, 0.15) is 5.82 Å². The van der Waals surface area contributed by atoms with Crippen molar-refractivity contribution in [1.82, 2.24) is 35.3 Å². The van der Waals surface area contributed by atoms with Crippen molar-refractivity contribution < 1.29 is 14.0 Å². The molecule has 2 N–H and O–H groups in total. The number of aromatic nitrogens is 4. The van der Waals surface area contributed by atoms with Gasteiger partial charge in [-0.2, -0.15) is 0 Å². The minimum atomic E-state index is -0.344. The second-order valence-corrected chi connectivity index (χ2v) is 10.7. The van der Waals surface area contributed by atoms with Gasteiger partial charge in [0.15, 0.2) is 5.82 Å². The number of hydrogen-bond acceptors (Lipinski definition) is 6. The minimum absolute atomic E-state index is 0.0902. The molecule has 5 rings (SSSR count). The number of tetrazole rings is 1. The van der Waals surface area contributed by atoms with Crippen LogP contribution in [0, 0.1) is 17.7 Å². The van der Waals surface area contributed by atoms with Crippen LogP contribution in [0.5, 0.6) is 0 Å². The summed E-state index contributed by atoms with van der Waals surface area (Å²) in [5.41, 5.74) is 2.49. The summed E-state index contributed by atoms with van der Waals surface area (Å²) in [6, 6.07) is 13.3. The molecule has 2 aliphatic heterocycles. The van der Waals surface area contributed by atoms with Gasteiger partial charge in [-0.05, 0) is 85.4 Å². The molecule has 39 heavy (non-hydrogen) atoms. The molecule has 3 aromatic rings. The third-order valence-electron chi connectivity index (χ3n) is 7.72. The van der Waals surface area contributed by atoms with Crippen molar-refractivity contribution in [3.8, 4) is 11.4 Å². The quantitative estimate of drug-likeness (QED) is 0.504. The smallest absolute Gasteiger partial charge is 0.319 e. The first-order chi connectivity index (χ1) is 18.9. The van der Waals surface area contributed by atoms with Crippen molar-refractivity contribution in [3.05, 3.63) is 59.9 Å². The maximum Gasteiger partial charge on any atom is 0.319 e. The number of benzene rings is 2. The largest absolute Gasteiger partial charge is 0.342 e. The van der Waals surface area contributed by atoms with Gasteiger partial charge < -0.3 is 20.4 Å². The number of nitrogens with zero attached hydrogens (tertiary/aromatic N) is 6. The summed E-state index contributed by atoms with van der Waals surface area (Å²) in [5.74, 6) is 0.459. The highest BCUT2D eigenvalue weighted by Gasteiger charge is 2.38. The Bertz CT molecular complexity index is 1300. The number of likely N-dealkylation sites (tertiary alicyclic amines) is 2. The van der Waals surface area contributed by atoms with Crippen LogP contribution in [0.1, 0.15) is 24.8 Å². The molecule has 206 valence electrons. The Balaban J connectivity index is 1.22. The average molecular weight is 535 g/mol. The van der Waals surface area contributed by atoms with Crippen molar-refractivity contribution in [3.63, 3.8) is 0 Å². The van der Waals surface area contributed by atoms with E-state index < -0.39 is 0 Å². The second-order valence-electron chi connectivity index (χ2n) is 10.7. The summed E-state index contributed by atoms with van der Waals surface area (Å²) in [5, 5.41) is 17.5. The van der Waals surface area contributed by atoms with Gasteiger partial charge in [0.25, 0.3) is 0 Å². The first-order valence-corrected chi connectivity index (χ1v) is 13.5. The number of amides is 3. The highest BCUT2D eigenvalue weighted by atomic mass is 19.1. The topological polar surface area (TPSA) is 108 Å². The third-order valence-corrected chi connectivity index (χ3v) is 7.72. The van der Waals surface area contributed by atoms with E-state index in [0.29, 0.717) is 36.9 Å². The zero-order valence-electron chi connectivity index (χ0n) is 22.4. The Morgan fingerprint density at radius 1 is 1.05 bits per heavy atom. The lowest BCUT2D eigenvalue weighted by atomic mass is 9.87. The van der Waals surface area contributed by atoms with Crippen molar-refractivity contribution in [1.29, 1.82) is 0 Å². The molecule has 11 heteroatoms. The number of halogens is 1. The van der Waals surface area contributed by atoms with E-state index in [4.69, 9.17) is 0 Å². The molecule has 0 bridgehead atoms. The van der Waals surface area contributed by atoms with Crippen LogP contribution in [0.3, 0.4) is 0 Å². The van der Waals surface area contributed by atoms with Crippen LogP contribution < -0.4 is 10.6 Å². The summed E-state index contributed by atoms with van der Waals surface area (Å²) in [7, 11) is 3.77. The van der Waals surface area contributed by atoms with E-state index in [0.717, 1.165) is 43.5 Å². The van der Waals surface area contributed by atoms with Crippen molar-refractivity contribution in [2.45, 2.75) is 31.7 Å². The Morgan fingerprint density at radius 2 is 1.87 bits per heavy atom. The molecule has 10 nitrogen and oxygen atoms in total. The van der Waals surface area contributed by atoms with Gasteiger partial charge >= 0.3 is 6.03 Å². The van der Waals surface area contributed by atoms with Gasteiger partial charge in [0, 0.05) is 44.0 Å². The van der Waals surface area contributed by atoms with Crippen molar-refractivity contribution in [2.75, 3.05) is 38.5 Å². The lowest BCUT2D eigenvalue weighted by Crippen LogP contribution is -2.57. The van der Waals surface area contributed by atoms with Gasteiger partial charge in [-0.3, -0.25) is 4.79 Å². The monoisotopic (exact) mass is 534 g/mol. The van der Waals surface area contributed by atoms with Crippen LogP contribution in [0.15, 0.2) is 48.5 Å². The molecule has 0 aliphatic carbocycles. The van der Waals surface area contributed by atoms with Crippen LogP contribution in [0.4, 0.5) is 14.9 Å². The normalized spacial score (nSPS) is 21.9. The molecule has 0 saturated carbocycles. The molecule has 2 saturated heterocycles. The number of anilines is 1. The number of hydrogen-bond donors (Lipinski definition) is 2. The molecule has 2 fully saturated rings. The van der Waals surface area contributed by atoms with Crippen LogP contribution in [0.2, 0.25) is 0 Å². The predicted octanol–water partition coefficient (Wildman–Crippen LogP) is 2.94. The molecular formula is C28H35FN8O2. The molecule has 0 radical (unpaired) electrons. The number of rotatable bonds is 6. The molecule has 3 heterocycles. The molecule has 1 aromatic heterocycles. The van der Waals surface area contributed by atoms with E-state index in [9.17, 15) is 14.0 Å². The standard InChI is InChI=1S/C28H35FN8O2/c1-35-14-12-25(31-28(39)30-23-7-3-6-21(16-23)26-32-33-34-36(26)2)24(18-35)27(38)37-13-4-5-20(17-37)15-19-8-10-22(29)11-9-19/h3,6-11,16,20,24-25H,4-5,12-15,17-18H2,1-2H3,(H2,30,31,39)/t20?,24?,25-/m1/s1. The number of aryl methyl sites for hydroxylation is 1. The lowest BCUT2D eigenvalue weighted by molar-refractivity contribution is -0.140. The number of urea groups is 1. The lowest BCUT2D eigenvalue weighted by Gasteiger charge is -2.41. The van der Waals surface area contributed by atoms with E-state index in [-0.39, 0.29) is 29.7 Å². The Kier molecular flexibility index (Phi) is 8.16. The van der Waals surface area contributed by atoms with Gasteiger partial charge in [-0.25, -0.2) is 13.9 Å². The first kappa shape index (κ1) is 26.7. The van der Waals surface area contributed by atoms with Gasteiger partial charge in [-0.1, -0.05) is 24.3 Å². The van der Waals surface area contributed by atoms with Crippen LogP contribution in [-0.2, 0) is 18.3 Å². The highest BCUT2D eigenvalue weighted by molar-refractivity contribution is 5.91. The summed E-state index contributed by atoms with van der Waals surface area (Å²) in [6.45, 7) is 2.80. The van der Waals surface area contributed by atoms with Gasteiger partial charge in [-0.15, -0.1) is 5.10 Å². The van der Waals surface area contributed by atoms with E-state index in [1.54, 1.807) is 17.8 Å². The van der Waals surface area contributed by atoms with Crippen LogP contribution >= 0.6 is 0 Å². The Morgan fingerprint density at radius 3 is 2.64 bits per heavy atom. The minimum Gasteiger partial charge on any atom is -0.342 e. The molecule has 3 atom stereocenters. The summed E-state index contributed by atoms with van der Waals surface area (Å²) < 4.78 is 14.9. The molecule has 2 unspecified atom stereocenters. The zero-order valence-corrected chi connectivity index (χ0v) is 22.4. The average Bonchev–Trinajstić information content (AvgIpc) is 3.36. The highest BCUT2D eigenvalue weighted by Crippen LogP contribution is 2.26. The fourth-order valence-electron chi connectivity index (χ4n) is 5.70. The van der Waals surface area contributed by atoms with Gasteiger partial charge in [0.05, 0.1) is 5.92 Å². The fraction of sp³-hybridized carbons (Fsp3) is 0.464. The molecule has 2 aliphatic rings. The molecular weight excluding hydrogens is 499 g/mol. The van der Waals surface area contributed by atoms with E-state index in [1.165, 1.54) is 12.1 Å². The number of carbonyl (C=O) groups is 2. The molecule has 2 aromatic carbocycles. The van der Waals surface area contributed by atoms with Crippen LogP contribution in [0.25, 0.3) is 11.4 Å². The maximum atomic E-state index is 13.8. The summed E-state index contributed by atoms with van der Waals surface area (Å²) in [6.07, 6.45) is 3.50. The van der Waals surface area contributed by atoms with E-state index >= 15 is 0 Å². The number of nitrogens with one attached hydrogen (secondary N) is 2. The number of piperidine rings is 2. The SMILES string of the molecule is CN1CC[C@@H](NC(=O)Nc2cccc(-c3nnnn3C)c2)C(C(=O)N2CCCC(Cc3ccc(F)cc3)C2)C1. The zero-order chi connectivity index (χ0) is 27.4. The van der Waals surface area contributed by atoms with E-state index in [1.807, 2.05) is 42.3 Å². The Hall–Kier alpha value is -3.86. The second kappa shape index (κ2) is 11.9. The van der Waals surface area contributed by atoms with Crippen molar-refractivity contribution >= 4 is 17.6 Å². The van der Waals surface area contributed by atoms with Gasteiger partial charge in [0.2, 0.25) is 5.91 Å². The fourth-order valence-corrected chi connectivity index (χ4v) is 5.70. The third kappa shape index (κ3) is 6.59. The number of carbonyl (C=O) groups excluding carboxylic acids is 2. The molecule has 3 amide bonds. The Labute approximate surface area is 227 Å². The summed E-state index contributed by atoms with van der Waals surface area (Å²) in [4.78, 5) is 30.9. The van der Waals surface area contributed by atoms with Crippen molar-refractivity contribution in [2.24, 2.45) is 18.9 Å². The van der Waals surface area contributed by atoms with Crippen LogP contribution in [-0.4, -0.2) is 81.2 Å². The summed E-state index contributed by atoms with van der Waals surface area (Å²) >= 11 is 0. The first-order valence-electron chi connectivity index (χ1n) is 13.5. The molecule has 0 spiro atoms. The predicted molar refractivity (Wildman–Crippen MR) is 145 cm³/mol.